The van der Waals surface area contributed by atoms with E-state index in [9.17, 15) is 5.21 Å². The Bertz CT molecular complexity index is 1180. The molecule has 4 aromatic rings. The number of anilines is 4. The van der Waals surface area contributed by atoms with Crippen LogP contribution in [0.2, 0.25) is 0 Å². The third-order valence-electron chi connectivity index (χ3n) is 6.53. The summed E-state index contributed by atoms with van der Waals surface area (Å²) < 4.78 is 0. The van der Waals surface area contributed by atoms with Gasteiger partial charge in [-0.05, 0) is 29.7 Å². The van der Waals surface area contributed by atoms with Gasteiger partial charge in [-0.1, -0.05) is 78.9 Å². The first-order valence-electron chi connectivity index (χ1n) is 12.3. The van der Waals surface area contributed by atoms with Gasteiger partial charge < -0.3 is 15.1 Å². The van der Waals surface area contributed by atoms with Gasteiger partial charge in [-0.3, -0.25) is 5.21 Å². The molecule has 1 fully saturated rings. The van der Waals surface area contributed by atoms with Gasteiger partial charge in [0.2, 0.25) is 11.9 Å². The number of hydrogen-bond acceptors (Lipinski definition) is 8. The van der Waals surface area contributed by atoms with Crippen LogP contribution in [0.1, 0.15) is 23.5 Å². The zero-order chi connectivity index (χ0) is 24.6. The van der Waals surface area contributed by atoms with Gasteiger partial charge in [0.25, 0.3) is 5.95 Å². The largest absolute Gasteiger partial charge is 0.368 e. The van der Waals surface area contributed by atoms with E-state index in [1.165, 1.54) is 16.8 Å². The zero-order valence-corrected chi connectivity index (χ0v) is 20.2. The first-order chi connectivity index (χ1) is 17.8. The number of para-hydroxylation sites is 1. The van der Waals surface area contributed by atoms with Crippen LogP contribution in [0.25, 0.3) is 0 Å². The van der Waals surface area contributed by atoms with E-state index in [4.69, 9.17) is 0 Å². The lowest BCUT2D eigenvalue weighted by Gasteiger charge is -2.36. The zero-order valence-electron chi connectivity index (χ0n) is 20.2. The fourth-order valence-corrected chi connectivity index (χ4v) is 4.66. The van der Waals surface area contributed by atoms with Crippen LogP contribution in [-0.4, -0.2) is 52.9 Å². The number of nitrogens with one attached hydrogen (secondary N) is 2. The minimum absolute atomic E-state index is 0.135. The summed E-state index contributed by atoms with van der Waals surface area (Å²) in [5.41, 5.74) is 5.86. The predicted molar refractivity (Wildman–Crippen MR) is 144 cm³/mol. The normalized spacial score (nSPS) is 13.6. The molecule has 0 atom stereocenters. The summed E-state index contributed by atoms with van der Waals surface area (Å²) in [6.07, 6.45) is 0.868. The molecule has 1 saturated heterocycles. The highest BCUT2D eigenvalue weighted by Gasteiger charge is 2.21. The number of aromatic nitrogens is 3. The molecular weight excluding hydrogens is 450 g/mol. The number of rotatable bonds is 9. The van der Waals surface area contributed by atoms with Crippen LogP contribution < -0.4 is 20.6 Å². The van der Waals surface area contributed by atoms with Gasteiger partial charge in [-0.25, -0.2) is 5.48 Å². The SMILES string of the molecule is ONc1nc(NCCC(c2ccccc2)c2ccccc2)nc(N2CCN(c3ccccc3)CC2)n1. The van der Waals surface area contributed by atoms with Crippen LogP contribution >= 0.6 is 0 Å². The Morgan fingerprint density at radius 3 is 1.78 bits per heavy atom. The summed E-state index contributed by atoms with van der Waals surface area (Å²) in [5, 5.41) is 12.9. The molecule has 0 spiro atoms. The lowest BCUT2D eigenvalue weighted by atomic mass is 9.88. The molecule has 0 saturated carbocycles. The van der Waals surface area contributed by atoms with Crippen molar-refractivity contribution in [2.75, 3.05) is 53.3 Å². The Kier molecular flexibility index (Phi) is 7.53. The van der Waals surface area contributed by atoms with E-state index < -0.39 is 0 Å². The lowest BCUT2D eigenvalue weighted by molar-refractivity contribution is 0.382. The Hall–Kier alpha value is -4.17. The van der Waals surface area contributed by atoms with E-state index in [1.807, 2.05) is 18.2 Å². The molecule has 0 aliphatic carbocycles. The number of benzene rings is 3. The van der Waals surface area contributed by atoms with Crippen molar-refractivity contribution in [2.24, 2.45) is 0 Å². The van der Waals surface area contributed by atoms with Crippen molar-refractivity contribution in [3.8, 4) is 0 Å². The van der Waals surface area contributed by atoms with E-state index in [0.29, 0.717) is 18.4 Å². The van der Waals surface area contributed by atoms with Crippen LogP contribution in [0.3, 0.4) is 0 Å². The van der Waals surface area contributed by atoms with Crippen LogP contribution in [0.5, 0.6) is 0 Å². The minimum Gasteiger partial charge on any atom is -0.368 e. The fraction of sp³-hybridized carbons (Fsp3) is 0.250. The molecule has 0 unspecified atom stereocenters. The molecule has 184 valence electrons. The average Bonchev–Trinajstić information content (AvgIpc) is 2.96. The van der Waals surface area contributed by atoms with Crippen LogP contribution in [0.4, 0.5) is 23.5 Å². The summed E-state index contributed by atoms with van der Waals surface area (Å²) in [6.45, 7) is 3.98. The van der Waals surface area contributed by atoms with Gasteiger partial charge in [0.15, 0.2) is 0 Å². The van der Waals surface area contributed by atoms with Crippen molar-refractivity contribution in [3.05, 3.63) is 102 Å². The second-order valence-corrected chi connectivity index (χ2v) is 8.79. The lowest BCUT2D eigenvalue weighted by Crippen LogP contribution is -2.47. The van der Waals surface area contributed by atoms with Gasteiger partial charge in [0.1, 0.15) is 0 Å². The second kappa shape index (κ2) is 11.5. The van der Waals surface area contributed by atoms with E-state index >= 15 is 0 Å². The Morgan fingerprint density at radius 2 is 1.19 bits per heavy atom. The van der Waals surface area contributed by atoms with E-state index in [1.54, 1.807) is 0 Å². The fourth-order valence-electron chi connectivity index (χ4n) is 4.66. The van der Waals surface area contributed by atoms with E-state index in [-0.39, 0.29) is 11.9 Å². The monoisotopic (exact) mass is 481 g/mol. The second-order valence-electron chi connectivity index (χ2n) is 8.79. The van der Waals surface area contributed by atoms with Crippen LogP contribution in [0, 0.1) is 0 Å². The third kappa shape index (κ3) is 5.72. The molecule has 3 aromatic carbocycles. The Balaban J connectivity index is 1.25. The summed E-state index contributed by atoms with van der Waals surface area (Å²) in [7, 11) is 0. The maximum Gasteiger partial charge on any atom is 0.253 e. The number of piperazine rings is 1. The van der Waals surface area contributed by atoms with Crippen molar-refractivity contribution in [1.29, 1.82) is 0 Å². The van der Waals surface area contributed by atoms with Gasteiger partial charge in [0.05, 0.1) is 0 Å². The van der Waals surface area contributed by atoms with Crippen molar-refractivity contribution in [1.82, 2.24) is 15.0 Å². The highest BCUT2D eigenvalue weighted by molar-refractivity contribution is 5.49. The molecule has 8 nitrogen and oxygen atoms in total. The van der Waals surface area contributed by atoms with Crippen molar-refractivity contribution < 1.29 is 5.21 Å². The minimum atomic E-state index is 0.135. The first kappa shape index (κ1) is 23.6. The number of nitrogens with zero attached hydrogens (tertiary/aromatic N) is 5. The molecule has 0 amide bonds. The van der Waals surface area contributed by atoms with E-state index in [0.717, 1.165) is 32.6 Å². The molecule has 0 bridgehead atoms. The molecule has 3 N–H and O–H groups in total. The van der Waals surface area contributed by atoms with Crippen molar-refractivity contribution in [3.63, 3.8) is 0 Å². The molecule has 5 rings (SSSR count). The van der Waals surface area contributed by atoms with Crippen molar-refractivity contribution >= 4 is 23.5 Å². The highest BCUT2D eigenvalue weighted by Crippen LogP contribution is 2.28. The molecular formula is C28H31N7O. The molecule has 8 heteroatoms. The molecule has 2 heterocycles. The Morgan fingerprint density at radius 1 is 0.667 bits per heavy atom. The van der Waals surface area contributed by atoms with E-state index in [2.05, 4.69) is 108 Å². The first-order valence-corrected chi connectivity index (χ1v) is 12.3. The molecule has 1 aliphatic heterocycles. The standard InChI is InChI=1S/C28H31N7O/c36-33-27-30-26(29-17-16-25(22-10-4-1-5-11-22)23-12-6-2-7-13-23)31-28(32-27)35-20-18-34(19-21-35)24-14-8-3-9-15-24/h1-15,25,36H,16-21H2,(H2,29,30,31,32,33). The predicted octanol–water partition coefficient (Wildman–Crippen LogP) is 4.63. The molecule has 36 heavy (non-hydrogen) atoms. The molecule has 1 aliphatic rings. The topological polar surface area (TPSA) is 89.4 Å². The van der Waals surface area contributed by atoms with Gasteiger partial charge >= 0.3 is 0 Å². The Labute approximate surface area is 211 Å². The quantitative estimate of drug-likeness (QED) is 0.298. The average molecular weight is 482 g/mol. The smallest absolute Gasteiger partial charge is 0.253 e. The molecule has 1 aromatic heterocycles. The molecule has 0 radical (unpaired) electrons. The summed E-state index contributed by atoms with van der Waals surface area (Å²) >= 11 is 0. The van der Waals surface area contributed by atoms with Gasteiger partial charge in [-0.2, -0.15) is 15.0 Å². The summed E-state index contributed by atoms with van der Waals surface area (Å²) in [5.74, 6) is 1.39. The van der Waals surface area contributed by atoms with Gasteiger partial charge in [0, 0.05) is 44.3 Å². The number of hydrogen-bond donors (Lipinski definition) is 3. The maximum atomic E-state index is 9.53. The van der Waals surface area contributed by atoms with Crippen LogP contribution in [0.15, 0.2) is 91.0 Å². The third-order valence-corrected chi connectivity index (χ3v) is 6.53. The van der Waals surface area contributed by atoms with Gasteiger partial charge in [-0.15, -0.1) is 0 Å². The maximum absolute atomic E-state index is 9.53. The highest BCUT2D eigenvalue weighted by atomic mass is 16.5. The summed E-state index contributed by atoms with van der Waals surface area (Å²) in [6, 6.07) is 31.5. The van der Waals surface area contributed by atoms with Crippen LogP contribution in [-0.2, 0) is 0 Å². The summed E-state index contributed by atoms with van der Waals surface area (Å²) in [4.78, 5) is 17.9. The van der Waals surface area contributed by atoms with Crippen molar-refractivity contribution in [2.45, 2.75) is 12.3 Å².